The van der Waals surface area contributed by atoms with E-state index in [2.05, 4.69) is 46.5 Å². The monoisotopic (exact) mass is 613 g/mol. The highest BCUT2D eigenvalue weighted by Gasteiger charge is 2.49. The summed E-state index contributed by atoms with van der Waals surface area (Å²) in [5.41, 5.74) is 3.27. The number of alkyl halides is 3. The van der Waals surface area contributed by atoms with Crippen LogP contribution in [0, 0.1) is 0 Å². The molecule has 1 fully saturated rings. The molecule has 230 valence electrons. The summed E-state index contributed by atoms with van der Waals surface area (Å²) in [6.07, 6.45) is -1.95. The van der Waals surface area contributed by atoms with Gasteiger partial charge < -0.3 is 15.0 Å². The number of hydrogen-bond donors (Lipinski definition) is 2. The molecule has 3 heterocycles. The van der Waals surface area contributed by atoms with E-state index >= 15 is 0 Å². The van der Waals surface area contributed by atoms with Gasteiger partial charge in [0.15, 0.2) is 6.10 Å². The first-order valence-electron chi connectivity index (χ1n) is 14.8. The first-order chi connectivity index (χ1) is 21.5. The third-order valence-corrected chi connectivity index (χ3v) is 9.06. The number of aliphatic hydroxyl groups excluding tert-OH is 1. The fraction of sp³-hybridized carbons (Fsp3) is 0.294. The van der Waals surface area contributed by atoms with Crippen molar-refractivity contribution in [1.29, 1.82) is 0 Å². The van der Waals surface area contributed by atoms with Crippen LogP contribution in [0.1, 0.15) is 59.1 Å². The van der Waals surface area contributed by atoms with Gasteiger partial charge in [0.05, 0.1) is 40.5 Å². The normalized spacial score (nSPS) is 16.7. The van der Waals surface area contributed by atoms with Crippen LogP contribution in [0.15, 0.2) is 77.7 Å². The van der Waals surface area contributed by atoms with Gasteiger partial charge in [-0.2, -0.15) is 18.3 Å². The van der Waals surface area contributed by atoms with Crippen LogP contribution < -0.4 is 5.56 Å². The quantitative estimate of drug-likeness (QED) is 0.275. The maximum atomic E-state index is 13.5. The summed E-state index contributed by atoms with van der Waals surface area (Å²) >= 11 is 0. The average Bonchev–Trinajstić information content (AvgIpc) is 3.81. The van der Waals surface area contributed by atoms with Gasteiger partial charge in [0.2, 0.25) is 0 Å². The molecule has 1 amide bonds. The Kier molecular flexibility index (Phi) is 6.88. The van der Waals surface area contributed by atoms with Crippen LogP contribution in [0.5, 0.6) is 0 Å². The van der Waals surface area contributed by atoms with E-state index in [0.717, 1.165) is 58.6 Å². The molecule has 2 aliphatic rings. The number of halogens is 3. The predicted octanol–water partition coefficient (Wildman–Crippen LogP) is 5.43. The van der Waals surface area contributed by atoms with Crippen LogP contribution in [0.2, 0.25) is 0 Å². The number of rotatable bonds is 5. The highest BCUT2D eigenvalue weighted by atomic mass is 19.4. The van der Waals surface area contributed by atoms with Crippen molar-refractivity contribution >= 4 is 16.8 Å². The zero-order valence-corrected chi connectivity index (χ0v) is 24.4. The number of nitrogens with one attached hydrogen (secondary N) is 1. The van der Waals surface area contributed by atoms with Crippen LogP contribution in [0.25, 0.3) is 22.0 Å². The Bertz CT molecular complexity index is 2010. The lowest BCUT2D eigenvalue weighted by Gasteiger charge is -2.24. The predicted molar refractivity (Wildman–Crippen MR) is 161 cm³/mol. The van der Waals surface area contributed by atoms with Crippen LogP contribution in [0.4, 0.5) is 13.2 Å². The number of benzene rings is 3. The highest BCUT2D eigenvalue weighted by Crippen LogP contribution is 2.52. The van der Waals surface area contributed by atoms with Gasteiger partial charge in [0.25, 0.3) is 11.5 Å². The third kappa shape index (κ3) is 5.20. The molecule has 2 aromatic heterocycles. The number of hydrogen-bond acceptors (Lipinski definition) is 5. The largest absolute Gasteiger partial charge is 0.416 e. The first-order valence-corrected chi connectivity index (χ1v) is 14.8. The standard InChI is InChI=1S/C34H30F3N5O3/c1-41-28-11-10-21(15-23(28)18-38-41)20-5-2-7-24(16-20)33(12-13-33)32-39-27-9-4-14-42(19-26(27)30(44)40-32)31(45)29(43)22-6-3-8-25(17-22)34(35,36)37/h2-3,5-8,10-11,15-18,29,43H,4,9,12-14,19H2,1H3,(H,39,40,44)/t29-/m1/s1. The molecule has 2 N–H and O–H groups in total. The van der Waals surface area contributed by atoms with Crippen LogP contribution in [-0.2, 0) is 36.4 Å². The molecule has 5 aromatic rings. The third-order valence-electron chi connectivity index (χ3n) is 9.06. The van der Waals surface area contributed by atoms with Crippen molar-refractivity contribution in [2.45, 2.75) is 49.9 Å². The van der Waals surface area contributed by atoms with Gasteiger partial charge in [0, 0.05) is 19.0 Å². The number of aromatic nitrogens is 4. The summed E-state index contributed by atoms with van der Waals surface area (Å²) in [4.78, 5) is 36.0. The Morgan fingerprint density at radius 2 is 1.82 bits per heavy atom. The summed E-state index contributed by atoms with van der Waals surface area (Å²) in [6.45, 7) is 0.139. The topological polar surface area (TPSA) is 104 Å². The van der Waals surface area contributed by atoms with E-state index in [1.54, 1.807) is 0 Å². The van der Waals surface area contributed by atoms with Gasteiger partial charge in [0.1, 0.15) is 5.82 Å². The Morgan fingerprint density at radius 3 is 2.60 bits per heavy atom. The molecule has 45 heavy (non-hydrogen) atoms. The van der Waals surface area contributed by atoms with Crippen molar-refractivity contribution < 1.29 is 23.1 Å². The highest BCUT2D eigenvalue weighted by molar-refractivity contribution is 5.85. The van der Waals surface area contributed by atoms with E-state index in [-0.39, 0.29) is 24.2 Å². The zero-order chi connectivity index (χ0) is 31.5. The summed E-state index contributed by atoms with van der Waals surface area (Å²) < 4.78 is 41.4. The van der Waals surface area contributed by atoms with Gasteiger partial charge in [-0.1, -0.05) is 42.5 Å². The molecule has 3 aromatic carbocycles. The lowest BCUT2D eigenvalue weighted by atomic mass is 9.91. The Hall–Kier alpha value is -4.77. The minimum Gasteiger partial charge on any atom is -0.378 e. The first kappa shape index (κ1) is 29.0. The Morgan fingerprint density at radius 1 is 1.04 bits per heavy atom. The smallest absolute Gasteiger partial charge is 0.378 e. The van der Waals surface area contributed by atoms with Gasteiger partial charge in [-0.25, -0.2) is 4.98 Å². The number of aromatic amines is 1. The molecular formula is C34H30F3N5O3. The molecule has 0 unspecified atom stereocenters. The molecule has 7 rings (SSSR count). The lowest BCUT2D eigenvalue weighted by Crippen LogP contribution is -2.36. The summed E-state index contributed by atoms with van der Waals surface area (Å²) in [5.74, 6) is -0.166. The number of carbonyl (C=O) groups is 1. The molecule has 1 saturated carbocycles. The van der Waals surface area contributed by atoms with E-state index in [1.165, 1.54) is 11.0 Å². The second-order valence-electron chi connectivity index (χ2n) is 11.9. The number of fused-ring (bicyclic) bond motifs is 2. The van der Waals surface area contributed by atoms with Crippen molar-refractivity contribution in [1.82, 2.24) is 24.6 Å². The zero-order valence-electron chi connectivity index (χ0n) is 24.4. The molecular weight excluding hydrogens is 583 g/mol. The van der Waals surface area contributed by atoms with E-state index < -0.39 is 29.2 Å². The van der Waals surface area contributed by atoms with Crippen molar-refractivity contribution in [2.75, 3.05) is 6.54 Å². The summed E-state index contributed by atoms with van der Waals surface area (Å²) in [7, 11) is 1.91. The van der Waals surface area contributed by atoms with Crippen LogP contribution in [0.3, 0.4) is 0 Å². The Balaban J connectivity index is 1.15. The van der Waals surface area contributed by atoms with Crippen molar-refractivity contribution in [3.8, 4) is 11.1 Å². The second-order valence-corrected chi connectivity index (χ2v) is 11.9. The number of aryl methyl sites for hydroxylation is 2. The van der Waals surface area contributed by atoms with Crippen molar-refractivity contribution in [2.24, 2.45) is 7.05 Å². The molecule has 11 heteroatoms. The van der Waals surface area contributed by atoms with Gasteiger partial charge in [-0.3, -0.25) is 14.3 Å². The number of nitrogens with zero attached hydrogens (tertiary/aromatic N) is 4. The fourth-order valence-electron chi connectivity index (χ4n) is 6.36. The summed E-state index contributed by atoms with van der Waals surface area (Å²) in [6, 6.07) is 18.6. The Labute approximate surface area is 256 Å². The molecule has 0 bridgehead atoms. The molecule has 1 aliphatic heterocycles. The van der Waals surface area contributed by atoms with Gasteiger partial charge >= 0.3 is 6.18 Å². The summed E-state index contributed by atoms with van der Waals surface area (Å²) in [5, 5.41) is 16.1. The maximum Gasteiger partial charge on any atom is 0.416 e. The molecule has 1 aliphatic carbocycles. The fourth-order valence-corrected chi connectivity index (χ4v) is 6.36. The number of H-pyrrole nitrogens is 1. The molecule has 8 nitrogen and oxygen atoms in total. The molecule has 1 atom stereocenters. The van der Waals surface area contributed by atoms with E-state index in [9.17, 15) is 27.9 Å². The number of carbonyl (C=O) groups excluding carboxylic acids is 1. The van der Waals surface area contributed by atoms with E-state index in [0.29, 0.717) is 29.9 Å². The lowest BCUT2D eigenvalue weighted by molar-refractivity contribution is -0.142. The minimum atomic E-state index is -4.61. The number of amides is 1. The average molecular weight is 614 g/mol. The second kappa shape index (κ2) is 10.7. The van der Waals surface area contributed by atoms with Crippen molar-refractivity contribution in [3.63, 3.8) is 0 Å². The van der Waals surface area contributed by atoms with Gasteiger partial charge in [-0.05, 0) is 72.2 Å². The molecule has 0 saturated heterocycles. The SMILES string of the molecule is Cn1ncc2cc(-c3cccc(C4(c5nc6c(c(=O)[nH]5)CN(C(=O)[C@H](O)c5cccc(C(F)(F)F)c5)CCC6)CC4)c3)ccc21. The minimum absolute atomic E-state index is 0.0912. The number of aliphatic hydroxyl groups is 1. The molecule has 0 radical (unpaired) electrons. The van der Waals surface area contributed by atoms with E-state index in [4.69, 9.17) is 4.98 Å². The van der Waals surface area contributed by atoms with Crippen LogP contribution >= 0.6 is 0 Å². The van der Waals surface area contributed by atoms with Crippen molar-refractivity contribution in [3.05, 3.63) is 117 Å². The van der Waals surface area contributed by atoms with E-state index in [1.807, 2.05) is 24.0 Å². The van der Waals surface area contributed by atoms with Crippen LogP contribution in [-0.4, -0.2) is 42.2 Å². The molecule has 0 spiro atoms. The van der Waals surface area contributed by atoms with Gasteiger partial charge in [-0.15, -0.1) is 0 Å². The maximum absolute atomic E-state index is 13.5.